The summed E-state index contributed by atoms with van der Waals surface area (Å²) in [7, 11) is 1.59. The van der Waals surface area contributed by atoms with Gasteiger partial charge in [0, 0.05) is 4.47 Å². The standard InChI is InChI=1S/C17H15BrN2O3/c1-10-7-13-15(14(18)8-10)19-17(22)20(16(13)21)9-11-3-5-12(23-2)6-4-11/h3-8H,9H2,1-2H3,(H,19,22). The molecule has 0 spiro atoms. The first-order valence-electron chi connectivity index (χ1n) is 7.05. The molecule has 0 amide bonds. The summed E-state index contributed by atoms with van der Waals surface area (Å²) >= 11 is 3.39. The molecule has 3 rings (SSSR count). The molecule has 0 saturated carbocycles. The van der Waals surface area contributed by atoms with E-state index in [1.54, 1.807) is 25.3 Å². The van der Waals surface area contributed by atoms with Gasteiger partial charge >= 0.3 is 5.69 Å². The first-order valence-corrected chi connectivity index (χ1v) is 7.85. The van der Waals surface area contributed by atoms with Crippen LogP contribution in [0.4, 0.5) is 0 Å². The van der Waals surface area contributed by atoms with E-state index >= 15 is 0 Å². The van der Waals surface area contributed by atoms with Gasteiger partial charge in [-0.2, -0.15) is 0 Å². The Bertz CT molecular complexity index is 988. The van der Waals surface area contributed by atoms with E-state index in [2.05, 4.69) is 20.9 Å². The van der Waals surface area contributed by atoms with Crippen LogP contribution in [0, 0.1) is 6.92 Å². The summed E-state index contributed by atoms with van der Waals surface area (Å²) in [5.41, 5.74) is 1.59. The second-order valence-electron chi connectivity index (χ2n) is 5.34. The first kappa shape index (κ1) is 15.6. The molecule has 0 aliphatic heterocycles. The summed E-state index contributed by atoms with van der Waals surface area (Å²) in [6, 6.07) is 10.9. The minimum atomic E-state index is -0.428. The summed E-state index contributed by atoms with van der Waals surface area (Å²) in [6.45, 7) is 2.11. The van der Waals surface area contributed by atoms with Crippen molar-refractivity contribution in [1.29, 1.82) is 0 Å². The van der Waals surface area contributed by atoms with E-state index in [0.29, 0.717) is 15.4 Å². The maximum absolute atomic E-state index is 12.7. The van der Waals surface area contributed by atoms with Gasteiger partial charge < -0.3 is 9.72 Å². The van der Waals surface area contributed by atoms with E-state index in [9.17, 15) is 9.59 Å². The molecule has 6 heteroatoms. The monoisotopic (exact) mass is 374 g/mol. The van der Waals surface area contributed by atoms with E-state index in [0.717, 1.165) is 16.9 Å². The number of benzene rings is 2. The molecule has 5 nitrogen and oxygen atoms in total. The fourth-order valence-electron chi connectivity index (χ4n) is 2.51. The fourth-order valence-corrected chi connectivity index (χ4v) is 3.18. The van der Waals surface area contributed by atoms with Gasteiger partial charge in [-0.25, -0.2) is 4.79 Å². The second kappa shape index (κ2) is 6.04. The summed E-state index contributed by atoms with van der Waals surface area (Å²) in [5.74, 6) is 0.730. The Labute approximate surface area is 140 Å². The molecule has 118 valence electrons. The maximum Gasteiger partial charge on any atom is 0.329 e. The van der Waals surface area contributed by atoms with Crippen molar-refractivity contribution in [3.05, 3.63) is 72.8 Å². The summed E-state index contributed by atoms with van der Waals surface area (Å²) in [6.07, 6.45) is 0. The highest BCUT2D eigenvalue weighted by molar-refractivity contribution is 9.10. The molecule has 0 saturated heterocycles. The first-order chi connectivity index (χ1) is 11.0. The normalized spacial score (nSPS) is 10.9. The largest absolute Gasteiger partial charge is 0.497 e. The van der Waals surface area contributed by atoms with Crippen LogP contribution in [0.25, 0.3) is 10.9 Å². The van der Waals surface area contributed by atoms with Crippen LogP contribution in [0.1, 0.15) is 11.1 Å². The van der Waals surface area contributed by atoms with E-state index < -0.39 is 5.69 Å². The van der Waals surface area contributed by atoms with Gasteiger partial charge in [0.25, 0.3) is 5.56 Å². The zero-order valence-corrected chi connectivity index (χ0v) is 14.3. The minimum Gasteiger partial charge on any atom is -0.497 e. The molecule has 0 aliphatic rings. The van der Waals surface area contributed by atoms with Gasteiger partial charge in [0.1, 0.15) is 5.75 Å². The van der Waals surface area contributed by atoms with E-state index in [-0.39, 0.29) is 12.1 Å². The highest BCUT2D eigenvalue weighted by Crippen LogP contribution is 2.21. The lowest BCUT2D eigenvalue weighted by molar-refractivity contribution is 0.414. The van der Waals surface area contributed by atoms with Gasteiger partial charge in [0.15, 0.2) is 0 Å². The zero-order chi connectivity index (χ0) is 16.6. The molecule has 0 aliphatic carbocycles. The molecule has 1 heterocycles. The molecule has 23 heavy (non-hydrogen) atoms. The molecular weight excluding hydrogens is 360 g/mol. The van der Waals surface area contributed by atoms with Crippen molar-refractivity contribution in [1.82, 2.24) is 9.55 Å². The van der Waals surface area contributed by atoms with Crippen LogP contribution in [0.2, 0.25) is 0 Å². The number of halogens is 1. The Morgan fingerprint density at radius 2 is 1.87 bits per heavy atom. The minimum absolute atomic E-state index is 0.208. The number of hydrogen-bond donors (Lipinski definition) is 1. The van der Waals surface area contributed by atoms with Gasteiger partial charge in [0.05, 0.1) is 24.6 Å². The number of methoxy groups -OCH3 is 1. The Kier molecular flexibility index (Phi) is 4.09. The molecule has 0 unspecified atom stereocenters. The van der Waals surface area contributed by atoms with Gasteiger partial charge in [0.2, 0.25) is 0 Å². The average molecular weight is 375 g/mol. The van der Waals surface area contributed by atoms with Crippen molar-refractivity contribution >= 4 is 26.8 Å². The lowest BCUT2D eigenvalue weighted by Gasteiger charge is -2.09. The Hall–Kier alpha value is -2.34. The van der Waals surface area contributed by atoms with Crippen molar-refractivity contribution in [2.75, 3.05) is 7.11 Å². The molecule has 2 aromatic carbocycles. The van der Waals surface area contributed by atoms with E-state index in [1.165, 1.54) is 4.57 Å². The van der Waals surface area contributed by atoms with E-state index in [1.807, 2.05) is 25.1 Å². The SMILES string of the molecule is COc1ccc(Cn2c(=O)[nH]c3c(Br)cc(C)cc3c2=O)cc1. The third-order valence-corrected chi connectivity index (χ3v) is 4.31. The van der Waals surface area contributed by atoms with Gasteiger partial charge in [-0.1, -0.05) is 12.1 Å². The Morgan fingerprint density at radius 3 is 2.52 bits per heavy atom. The Morgan fingerprint density at radius 1 is 1.17 bits per heavy atom. The third kappa shape index (κ3) is 2.94. The molecule has 0 radical (unpaired) electrons. The number of nitrogens with zero attached hydrogens (tertiary/aromatic N) is 1. The highest BCUT2D eigenvalue weighted by atomic mass is 79.9. The number of rotatable bonds is 3. The van der Waals surface area contributed by atoms with Crippen molar-refractivity contribution in [2.45, 2.75) is 13.5 Å². The number of aromatic amines is 1. The van der Waals surface area contributed by atoms with Crippen molar-refractivity contribution < 1.29 is 4.74 Å². The predicted molar refractivity (Wildman–Crippen MR) is 93.4 cm³/mol. The van der Waals surface area contributed by atoms with Crippen LogP contribution in [0.15, 0.2) is 50.5 Å². The van der Waals surface area contributed by atoms with Gasteiger partial charge in [-0.3, -0.25) is 9.36 Å². The fraction of sp³-hybridized carbons (Fsp3) is 0.176. The summed E-state index contributed by atoms with van der Waals surface area (Å²) in [5, 5.41) is 0.491. The second-order valence-corrected chi connectivity index (χ2v) is 6.19. The van der Waals surface area contributed by atoms with Crippen LogP contribution in [0.5, 0.6) is 5.75 Å². The van der Waals surface area contributed by atoms with E-state index in [4.69, 9.17) is 4.74 Å². The van der Waals surface area contributed by atoms with Crippen LogP contribution in [0.3, 0.4) is 0 Å². The van der Waals surface area contributed by atoms with Crippen molar-refractivity contribution in [3.8, 4) is 5.75 Å². The number of fused-ring (bicyclic) bond motifs is 1. The molecule has 1 N–H and O–H groups in total. The smallest absolute Gasteiger partial charge is 0.329 e. The molecule has 3 aromatic rings. The molecular formula is C17H15BrN2O3. The van der Waals surface area contributed by atoms with Crippen LogP contribution >= 0.6 is 15.9 Å². The number of ether oxygens (including phenoxy) is 1. The molecule has 1 aromatic heterocycles. The number of nitrogens with one attached hydrogen (secondary N) is 1. The van der Waals surface area contributed by atoms with Crippen molar-refractivity contribution in [3.63, 3.8) is 0 Å². The number of hydrogen-bond acceptors (Lipinski definition) is 3. The van der Waals surface area contributed by atoms with Crippen LogP contribution in [-0.2, 0) is 6.54 Å². The topological polar surface area (TPSA) is 64.1 Å². The molecule has 0 bridgehead atoms. The molecule has 0 atom stereocenters. The molecule has 0 fully saturated rings. The van der Waals surface area contributed by atoms with Gasteiger partial charge in [-0.15, -0.1) is 0 Å². The maximum atomic E-state index is 12.7. The number of aryl methyl sites for hydroxylation is 1. The number of H-pyrrole nitrogens is 1. The summed E-state index contributed by atoms with van der Waals surface area (Å²) in [4.78, 5) is 27.7. The quantitative estimate of drug-likeness (QED) is 0.766. The summed E-state index contributed by atoms with van der Waals surface area (Å²) < 4.78 is 7.02. The average Bonchev–Trinajstić information content (AvgIpc) is 2.53. The number of aromatic nitrogens is 2. The van der Waals surface area contributed by atoms with Crippen molar-refractivity contribution in [2.24, 2.45) is 0 Å². The lowest BCUT2D eigenvalue weighted by atomic mass is 10.1. The van der Waals surface area contributed by atoms with Gasteiger partial charge in [-0.05, 0) is 58.2 Å². The zero-order valence-electron chi connectivity index (χ0n) is 12.7. The highest BCUT2D eigenvalue weighted by Gasteiger charge is 2.11. The predicted octanol–water partition coefficient (Wildman–Crippen LogP) is 2.82. The Balaban J connectivity index is 2.13. The lowest BCUT2D eigenvalue weighted by Crippen LogP contribution is -2.35. The van der Waals surface area contributed by atoms with Crippen LogP contribution < -0.4 is 16.0 Å². The third-order valence-electron chi connectivity index (χ3n) is 3.69. The van der Waals surface area contributed by atoms with Crippen LogP contribution in [-0.4, -0.2) is 16.7 Å².